The van der Waals surface area contributed by atoms with Gasteiger partial charge in [-0.15, -0.1) is 0 Å². The Morgan fingerprint density at radius 3 is 2.63 bits per heavy atom. The third-order valence-corrected chi connectivity index (χ3v) is 4.13. The predicted molar refractivity (Wildman–Crippen MR) is 71.8 cm³/mol. The van der Waals surface area contributed by atoms with E-state index in [1.54, 1.807) is 6.07 Å². The van der Waals surface area contributed by atoms with E-state index in [4.69, 9.17) is 16.7 Å². The molecule has 5 heteroatoms. The minimum absolute atomic E-state index is 0.0189. The van der Waals surface area contributed by atoms with Gasteiger partial charge in [-0.1, -0.05) is 17.7 Å². The fourth-order valence-corrected chi connectivity index (χ4v) is 2.91. The van der Waals surface area contributed by atoms with E-state index >= 15 is 0 Å². The Morgan fingerprint density at radius 1 is 1.47 bits per heavy atom. The molecule has 104 valence electrons. The van der Waals surface area contributed by atoms with Crippen molar-refractivity contribution in [3.8, 4) is 0 Å². The number of hydrogen-bond donors (Lipinski definition) is 1. The van der Waals surface area contributed by atoms with Crippen LogP contribution >= 0.6 is 11.6 Å². The smallest absolute Gasteiger partial charge is 0.305 e. The van der Waals surface area contributed by atoms with Crippen molar-refractivity contribution in [2.45, 2.75) is 31.7 Å². The zero-order valence-corrected chi connectivity index (χ0v) is 11.6. The summed E-state index contributed by atoms with van der Waals surface area (Å²) in [5, 5.41) is 9.20. The predicted octanol–water partition coefficient (Wildman–Crippen LogP) is 3.26. The maximum atomic E-state index is 13.3. The second-order valence-corrected chi connectivity index (χ2v) is 5.57. The van der Waals surface area contributed by atoms with Crippen LogP contribution in [0.4, 0.5) is 4.39 Å². The lowest BCUT2D eigenvalue weighted by Gasteiger charge is -2.38. The average Bonchev–Trinajstić information content (AvgIpc) is 2.85. The van der Waals surface area contributed by atoms with E-state index in [2.05, 4.69) is 4.90 Å². The van der Waals surface area contributed by atoms with E-state index in [0.717, 1.165) is 31.5 Å². The molecule has 1 aromatic rings. The number of rotatable bonds is 4. The van der Waals surface area contributed by atoms with Gasteiger partial charge >= 0.3 is 5.97 Å². The number of carbonyl (C=O) groups is 1. The Balaban J connectivity index is 2.40. The Morgan fingerprint density at radius 2 is 2.11 bits per heavy atom. The summed E-state index contributed by atoms with van der Waals surface area (Å²) in [5.41, 5.74) is 0.114. The van der Waals surface area contributed by atoms with Gasteiger partial charge in [-0.2, -0.15) is 0 Å². The van der Waals surface area contributed by atoms with Gasteiger partial charge in [0.2, 0.25) is 0 Å². The molecule has 1 unspecified atom stereocenters. The zero-order valence-electron chi connectivity index (χ0n) is 10.8. The standard InChI is InChI=1S/C14H17ClFNO2/c1-14(9-13(18)19,17-6-2-3-7-17)10-4-5-12(16)11(15)8-10/h4-5,8H,2-3,6-7,9H2,1H3,(H,18,19). The lowest BCUT2D eigenvalue weighted by molar-refractivity contribution is -0.140. The van der Waals surface area contributed by atoms with Crippen molar-refractivity contribution < 1.29 is 14.3 Å². The topological polar surface area (TPSA) is 40.5 Å². The lowest BCUT2D eigenvalue weighted by Crippen LogP contribution is -2.43. The average molecular weight is 286 g/mol. The van der Waals surface area contributed by atoms with Crippen LogP contribution in [0.25, 0.3) is 0 Å². The first kappa shape index (κ1) is 14.3. The number of likely N-dealkylation sites (tertiary alicyclic amines) is 1. The second-order valence-electron chi connectivity index (χ2n) is 5.17. The molecule has 2 rings (SSSR count). The van der Waals surface area contributed by atoms with Crippen LogP contribution in [-0.2, 0) is 10.3 Å². The first-order chi connectivity index (χ1) is 8.93. The van der Waals surface area contributed by atoms with Crippen LogP contribution in [0.1, 0.15) is 31.7 Å². The van der Waals surface area contributed by atoms with Crippen LogP contribution in [0.15, 0.2) is 18.2 Å². The highest BCUT2D eigenvalue weighted by molar-refractivity contribution is 6.30. The molecule has 1 fully saturated rings. The molecule has 1 aliphatic heterocycles. The SMILES string of the molecule is CC(CC(=O)O)(c1ccc(F)c(Cl)c1)N1CCCC1. The minimum atomic E-state index is -0.866. The normalized spacial score (nSPS) is 19.3. The van der Waals surface area contributed by atoms with Crippen LogP contribution in [0.3, 0.4) is 0 Å². The number of halogens is 2. The summed E-state index contributed by atoms with van der Waals surface area (Å²) in [5.74, 6) is -1.35. The Labute approximate surface area is 117 Å². The van der Waals surface area contributed by atoms with Crippen LogP contribution < -0.4 is 0 Å². The highest BCUT2D eigenvalue weighted by atomic mass is 35.5. The first-order valence-electron chi connectivity index (χ1n) is 6.36. The van der Waals surface area contributed by atoms with E-state index in [0.29, 0.717) is 0 Å². The number of nitrogens with zero attached hydrogens (tertiary/aromatic N) is 1. The highest BCUT2D eigenvalue weighted by Crippen LogP contribution is 2.36. The third kappa shape index (κ3) is 2.90. The van der Waals surface area contributed by atoms with Gasteiger partial charge in [0.15, 0.2) is 0 Å². The van der Waals surface area contributed by atoms with Gasteiger partial charge < -0.3 is 5.11 Å². The fourth-order valence-electron chi connectivity index (χ4n) is 2.73. The van der Waals surface area contributed by atoms with Crippen molar-refractivity contribution in [3.63, 3.8) is 0 Å². The van der Waals surface area contributed by atoms with Gasteiger partial charge in [-0.25, -0.2) is 4.39 Å². The van der Waals surface area contributed by atoms with E-state index in [9.17, 15) is 9.18 Å². The monoisotopic (exact) mass is 285 g/mol. The molecule has 1 saturated heterocycles. The quantitative estimate of drug-likeness (QED) is 0.923. The first-order valence-corrected chi connectivity index (χ1v) is 6.73. The maximum absolute atomic E-state index is 13.3. The molecule has 0 saturated carbocycles. The zero-order chi connectivity index (χ0) is 14.0. The number of hydrogen-bond acceptors (Lipinski definition) is 2. The molecule has 1 aliphatic rings. The van der Waals surface area contributed by atoms with Gasteiger partial charge in [0.05, 0.1) is 17.0 Å². The van der Waals surface area contributed by atoms with Crippen LogP contribution in [0.5, 0.6) is 0 Å². The van der Waals surface area contributed by atoms with Gasteiger partial charge in [0, 0.05) is 0 Å². The van der Waals surface area contributed by atoms with Crippen molar-refractivity contribution in [1.29, 1.82) is 0 Å². The van der Waals surface area contributed by atoms with E-state index in [1.807, 2.05) is 6.92 Å². The van der Waals surface area contributed by atoms with Crippen LogP contribution in [0, 0.1) is 5.82 Å². The van der Waals surface area contributed by atoms with E-state index in [1.165, 1.54) is 12.1 Å². The van der Waals surface area contributed by atoms with Crippen molar-refractivity contribution in [1.82, 2.24) is 4.90 Å². The molecule has 1 aromatic carbocycles. The number of carboxylic acid groups (broad SMARTS) is 1. The van der Waals surface area contributed by atoms with Crippen molar-refractivity contribution >= 4 is 17.6 Å². The molecule has 19 heavy (non-hydrogen) atoms. The summed E-state index contributed by atoms with van der Waals surface area (Å²) in [7, 11) is 0. The molecule has 1 heterocycles. The van der Waals surface area contributed by atoms with Gasteiger partial charge in [0.1, 0.15) is 5.82 Å². The molecule has 3 nitrogen and oxygen atoms in total. The largest absolute Gasteiger partial charge is 0.481 e. The maximum Gasteiger partial charge on any atom is 0.305 e. The van der Waals surface area contributed by atoms with E-state index in [-0.39, 0.29) is 11.4 Å². The van der Waals surface area contributed by atoms with Gasteiger partial charge in [-0.05, 0) is 50.6 Å². The Hall–Kier alpha value is -1.13. The molecule has 1 atom stereocenters. The fraction of sp³-hybridized carbons (Fsp3) is 0.500. The van der Waals surface area contributed by atoms with Gasteiger partial charge in [0.25, 0.3) is 0 Å². The van der Waals surface area contributed by atoms with E-state index < -0.39 is 17.3 Å². The summed E-state index contributed by atoms with van der Waals surface area (Å²) in [6, 6.07) is 4.47. The van der Waals surface area contributed by atoms with Crippen LogP contribution in [0.2, 0.25) is 5.02 Å². The third-order valence-electron chi connectivity index (χ3n) is 3.84. The molecule has 0 radical (unpaired) electrons. The molecule has 0 aromatic heterocycles. The van der Waals surface area contributed by atoms with Crippen molar-refractivity contribution in [2.75, 3.05) is 13.1 Å². The van der Waals surface area contributed by atoms with Crippen molar-refractivity contribution in [3.05, 3.63) is 34.6 Å². The summed E-state index contributed by atoms with van der Waals surface area (Å²) in [6.45, 7) is 3.60. The number of benzene rings is 1. The summed E-state index contributed by atoms with van der Waals surface area (Å²) in [6.07, 6.45) is 2.10. The van der Waals surface area contributed by atoms with Crippen LogP contribution in [-0.4, -0.2) is 29.1 Å². The summed E-state index contributed by atoms with van der Waals surface area (Å²) < 4.78 is 13.3. The molecule has 0 bridgehead atoms. The molecule has 0 aliphatic carbocycles. The Bertz CT molecular complexity index is 488. The molecule has 1 N–H and O–H groups in total. The minimum Gasteiger partial charge on any atom is -0.481 e. The molecule has 0 amide bonds. The number of aliphatic carboxylic acids is 1. The van der Waals surface area contributed by atoms with Gasteiger partial charge in [-0.3, -0.25) is 9.69 Å². The Kier molecular flexibility index (Phi) is 4.11. The number of carboxylic acids is 1. The van der Waals surface area contributed by atoms with Crippen molar-refractivity contribution in [2.24, 2.45) is 0 Å². The second kappa shape index (κ2) is 5.47. The lowest BCUT2D eigenvalue weighted by atomic mass is 9.87. The molecule has 0 spiro atoms. The summed E-state index contributed by atoms with van der Waals surface area (Å²) in [4.78, 5) is 13.3. The highest BCUT2D eigenvalue weighted by Gasteiger charge is 2.37. The molecular formula is C14H17ClFNO2. The molecular weight excluding hydrogens is 269 g/mol. The summed E-state index contributed by atoms with van der Waals surface area (Å²) >= 11 is 5.82.